The highest BCUT2D eigenvalue weighted by Crippen LogP contribution is 2.29. The van der Waals surface area contributed by atoms with Gasteiger partial charge >= 0.3 is 0 Å². The summed E-state index contributed by atoms with van der Waals surface area (Å²) in [5, 5.41) is 10.0. The molecule has 3 aromatic rings. The molecule has 0 aliphatic rings. The van der Waals surface area contributed by atoms with Crippen molar-refractivity contribution >= 4 is 27.0 Å². The summed E-state index contributed by atoms with van der Waals surface area (Å²) in [4.78, 5) is 4.49. The molecule has 3 rings (SSSR count). The van der Waals surface area contributed by atoms with Gasteiger partial charge in [0.25, 0.3) is 0 Å². The molecule has 0 bridgehead atoms. The van der Waals surface area contributed by atoms with Crippen LogP contribution in [-0.4, -0.2) is 14.7 Å². The van der Waals surface area contributed by atoms with Crippen molar-refractivity contribution < 1.29 is 5.11 Å². The molecule has 1 atom stereocenters. The monoisotopic (exact) mass is 344 g/mol. The first-order valence-electron chi connectivity index (χ1n) is 6.89. The van der Waals surface area contributed by atoms with Crippen LogP contribution in [0.15, 0.2) is 41.1 Å². The third-order valence-corrected chi connectivity index (χ3v) is 4.36. The highest BCUT2D eigenvalue weighted by molar-refractivity contribution is 9.10. The third kappa shape index (κ3) is 2.49. The summed E-state index contributed by atoms with van der Waals surface area (Å²) < 4.78 is 2.99. The normalized spacial score (nSPS) is 12.8. The smallest absolute Gasteiger partial charge is 0.100 e. The summed E-state index contributed by atoms with van der Waals surface area (Å²) in [6.07, 6.45) is 1.28. The molecule has 1 aromatic heterocycles. The Kier molecular flexibility index (Phi) is 3.59. The van der Waals surface area contributed by atoms with E-state index in [1.807, 2.05) is 29.1 Å². The van der Waals surface area contributed by atoms with Crippen molar-refractivity contribution in [1.29, 1.82) is 0 Å². The second-order valence-electron chi connectivity index (χ2n) is 5.42. The lowest BCUT2D eigenvalue weighted by molar-refractivity contribution is 0.199. The number of halogens is 1. The number of aliphatic hydroxyl groups is 1. The SMILES string of the molecule is Cc1cc2ncn(-c3ccc(Br)cc3C(C)O)c2cc1C. The van der Waals surface area contributed by atoms with E-state index in [0.717, 1.165) is 26.8 Å². The van der Waals surface area contributed by atoms with Gasteiger partial charge in [0.15, 0.2) is 0 Å². The van der Waals surface area contributed by atoms with E-state index in [0.29, 0.717) is 0 Å². The Hall–Kier alpha value is -1.65. The number of hydrogen-bond donors (Lipinski definition) is 1. The number of fused-ring (bicyclic) bond motifs is 1. The largest absolute Gasteiger partial charge is 0.389 e. The van der Waals surface area contributed by atoms with Gasteiger partial charge < -0.3 is 5.11 Å². The number of rotatable bonds is 2. The maximum Gasteiger partial charge on any atom is 0.100 e. The minimum Gasteiger partial charge on any atom is -0.389 e. The van der Waals surface area contributed by atoms with Gasteiger partial charge in [-0.3, -0.25) is 4.57 Å². The molecule has 0 saturated heterocycles. The zero-order chi connectivity index (χ0) is 15.1. The number of aromatic nitrogens is 2. The molecule has 108 valence electrons. The molecule has 0 spiro atoms. The Morgan fingerprint density at radius 3 is 2.57 bits per heavy atom. The Labute approximate surface area is 132 Å². The van der Waals surface area contributed by atoms with E-state index in [4.69, 9.17) is 0 Å². The van der Waals surface area contributed by atoms with E-state index in [-0.39, 0.29) is 0 Å². The first-order chi connectivity index (χ1) is 9.97. The second kappa shape index (κ2) is 5.28. The van der Waals surface area contributed by atoms with Crippen LogP contribution in [-0.2, 0) is 0 Å². The minimum absolute atomic E-state index is 0.540. The number of benzene rings is 2. The molecule has 1 unspecified atom stereocenters. The summed E-state index contributed by atoms with van der Waals surface area (Å²) >= 11 is 3.46. The van der Waals surface area contributed by atoms with Crippen LogP contribution in [0.5, 0.6) is 0 Å². The van der Waals surface area contributed by atoms with Crippen molar-refractivity contribution in [2.75, 3.05) is 0 Å². The summed E-state index contributed by atoms with van der Waals surface area (Å²) in [7, 11) is 0. The van der Waals surface area contributed by atoms with Crippen LogP contribution >= 0.6 is 15.9 Å². The maximum absolute atomic E-state index is 10.0. The molecule has 0 amide bonds. The third-order valence-electron chi connectivity index (χ3n) is 3.86. The predicted octanol–water partition coefficient (Wildman–Crippen LogP) is 4.46. The van der Waals surface area contributed by atoms with Crippen molar-refractivity contribution in [3.63, 3.8) is 0 Å². The van der Waals surface area contributed by atoms with Crippen LogP contribution in [0.1, 0.15) is 29.7 Å². The average Bonchev–Trinajstić information content (AvgIpc) is 2.82. The van der Waals surface area contributed by atoms with Gasteiger partial charge in [-0.2, -0.15) is 0 Å². The fourth-order valence-corrected chi connectivity index (χ4v) is 2.91. The molecule has 0 aliphatic heterocycles. The van der Waals surface area contributed by atoms with Gasteiger partial charge in [-0.25, -0.2) is 4.98 Å². The first-order valence-corrected chi connectivity index (χ1v) is 7.69. The standard InChI is InChI=1S/C17H17BrN2O/c1-10-6-15-17(7-11(10)2)20(9-19-15)16-5-4-13(18)8-14(16)12(3)21/h4-9,12,21H,1-3H3. The number of nitrogens with zero attached hydrogens (tertiary/aromatic N) is 2. The lowest BCUT2D eigenvalue weighted by atomic mass is 10.1. The molecule has 0 saturated carbocycles. The fourth-order valence-electron chi connectivity index (χ4n) is 2.54. The molecule has 3 nitrogen and oxygen atoms in total. The van der Waals surface area contributed by atoms with Crippen LogP contribution < -0.4 is 0 Å². The minimum atomic E-state index is -0.540. The van der Waals surface area contributed by atoms with E-state index in [1.165, 1.54) is 11.1 Å². The number of imidazole rings is 1. The Morgan fingerprint density at radius 2 is 1.86 bits per heavy atom. The molecular formula is C17H17BrN2O. The van der Waals surface area contributed by atoms with Crippen LogP contribution in [0, 0.1) is 13.8 Å². The van der Waals surface area contributed by atoms with Crippen molar-refractivity contribution in [3.8, 4) is 5.69 Å². The van der Waals surface area contributed by atoms with Crippen LogP contribution in [0.25, 0.3) is 16.7 Å². The van der Waals surface area contributed by atoms with Crippen LogP contribution in [0.3, 0.4) is 0 Å². The summed E-state index contributed by atoms with van der Waals surface area (Å²) in [5.41, 5.74) is 6.33. The number of hydrogen-bond acceptors (Lipinski definition) is 2. The van der Waals surface area contributed by atoms with Crippen molar-refractivity contribution in [1.82, 2.24) is 9.55 Å². The average molecular weight is 345 g/mol. The molecule has 1 N–H and O–H groups in total. The molecule has 0 radical (unpaired) electrons. The van der Waals surface area contributed by atoms with Gasteiger partial charge in [-0.1, -0.05) is 15.9 Å². The lowest BCUT2D eigenvalue weighted by Crippen LogP contribution is -2.02. The highest BCUT2D eigenvalue weighted by Gasteiger charge is 2.13. The topological polar surface area (TPSA) is 38.0 Å². The zero-order valence-electron chi connectivity index (χ0n) is 12.3. The van der Waals surface area contributed by atoms with Gasteiger partial charge in [0.2, 0.25) is 0 Å². The highest BCUT2D eigenvalue weighted by atomic mass is 79.9. The molecule has 2 aromatic carbocycles. The quantitative estimate of drug-likeness (QED) is 0.745. The zero-order valence-corrected chi connectivity index (χ0v) is 13.8. The van der Waals surface area contributed by atoms with Gasteiger partial charge in [-0.05, 0) is 62.2 Å². The molecular weight excluding hydrogens is 328 g/mol. The lowest BCUT2D eigenvalue weighted by Gasteiger charge is -2.14. The first kappa shape index (κ1) is 14.3. The van der Waals surface area contributed by atoms with Crippen molar-refractivity contribution in [3.05, 3.63) is 57.8 Å². The summed E-state index contributed by atoms with van der Waals surface area (Å²) in [6.45, 7) is 5.97. The number of aliphatic hydroxyl groups excluding tert-OH is 1. The van der Waals surface area contributed by atoms with Gasteiger partial charge in [0, 0.05) is 10.0 Å². The number of aryl methyl sites for hydroxylation is 2. The van der Waals surface area contributed by atoms with Crippen molar-refractivity contribution in [2.45, 2.75) is 26.9 Å². The molecule has 21 heavy (non-hydrogen) atoms. The fraction of sp³-hybridized carbons (Fsp3) is 0.235. The summed E-state index contributed by atoms with van der Waals surface area (Å²) in [5.74, 6) is 0. The van der Waals surface area contributed by atoms with Crippen LogP contribution in [0.4, 0.5) is 0 Å². The Balaban J connectivity index is 2.28. The van der Waals surface area contributed by atoms with E-state index in [2.05, 4.69) is 46.9 Å². The Morgan fingerprint density at radius 1 is 1.14 bits per heavy atom. The second-order valence-corrected chi connectivity index (χ2v) is 6.33. The summed E-state index contributed by atoms with van der Waals surface area (Å²) in [6, 6.07) is 10.2. The Bertz CT molecular complexity index is 821. The van der Waals surface area contributed by atoms with Gasteiger partial charge in [0.05, 0.1) is 22.8 Å². The molecule has 4 heteroatoms. The molecule has 0 fully saturated rings. The van der Waals surface area contributed by atoms with Crippen molar-refractivity contribution in [2.24, 2.45) is 0 Å². The van der Waals surface area contributed by atoms with E-state index in [9.17, 15) is 5.11 Å². The van der Waals surface area contributed by atoms with Crippen LogP contribution in [0.2, 0.25) is 0 Å². The van der Waals surface area contributed by atoms with Gasteiger partial charge in [0.1, 0.15) is 6.33 Å². The van der Waals surface area contributed by atoms with Gasteiger partial charge in [-0.15, -0.1) is 0 Å². The maximum atomic E-state index is 10.0. The molecule has 0 aliphatic carbocycles. The van der Waals surface area contributed by atoms with E-state index < -0.39 is 6.10 Å². The predicted molar refractivity (Wildman–Crippen MR) is 88.9 cm³/mol. The van der Waals surface area contributed by atoms with E-state index in [1.54, 1.807) is 6.92 Å². The molecule has 1 heterocycles. The van der Waals surface area contributed by atoms with E-state index >= 15 is 0 Å².